The van der Waals surface area contributed by atoms with Gasteiger partial charge in [0.25, 0.3) is 5.91 Å². The molecule has 6 nitrogen and oxygen atoms in total. The molecule has 0 spiro atoms. The number of piperidine rings is 1. The molecule has 0 aromatic carbocycles. The summed E-state index contributed by atoms with van der Waals surface area (Å²) in [4.78, 5) is 39.7. The van der Waals surface area contributed by atoms with Crippen LogP contribution in [-0.4, -0.2) is 48.5 Å². The lowest BCUT2D eigenvalue weighted by atomic mass is 9.84. The van der Waals surface area contributed by atoms with Crippen LogP contribution in [0.4, 0.5) is 0 Å². The molecule has 1 amide bonds. The molecule has 0 N–H and O–H groups in total. The number of carbonyl (C=O) groups excluding carboxylic acids is 3. The lowest BCUT2D eigenvalue weighted by Gasteiger charge is -2.37. The van der Waals surface area contributed by atoms with E-state index in [2.05, 4.69) is 6.58 Å². The summed E-state index contributed by atoms with van der Waals surface area (Å²) in [5.74, 6) is -0.775. The lowest BCUT2D eigenvalue weighted by molar-refractivity contribution is -0.156. The summed E-state index contributed by atoms with van der Waals surface area (Å²) in [5.41, 5.74) is -0.330. The highest BCUT2D eigenvalue weighted by molar-refractivity contribution is 5.96. The molecule has 0 radical (unpaired) electrons. The third-order valence-electron chi connectivity index (χ3n) is 6.47. The first kappa shape index (κ1) is 25.4. The summed E-state index contributed by atoms with van der Waals surface area (Å²) in [6.07, 6.45) is 12.5. The second-order valence-corrected chi connectivity index (χ2v) is 9.63. The van der Waals surface area contributed by atoms with Crippen molar-refractivity contribution < 1.29 is 23.9 Å². The van der Waals surface area contributed by atoms with Gasteiger partial charge in [0, 0.05) is 24.0 Å². The van der Waals surface area contributed by atoms with E-state index in [1.54, 1.807) is 4.90 Å². The number of hydrogen-bond acceptors (Lipinski definition) is 5. The summed E-state index contributed by atoms with van der Waals surface area (Å²) in [5, 5.41) is 0. The monoisotopic (exact) mass is 435 g/mol. The van der Waals surface area contributed by atoms with E-state index in [0.717, 1.165) is 51.4 Å². The highest BCUT2D eigenvalue weighted by Crippen LogP contribution is 2.30. The smallest absolute Gasteiger partial charge is 0.328 e. The number of rotatable bonds is 0. The third kappa shape index (κ3) is 8.30. The number of amides is 1. The quantitative estimate of drug-likeness (QED) is 0.398. The number of cyclic esters (lactones) is 2. The number of carbonyl (C=O) groups is 3. The average Bonchev–Trinajstić information content (AvgIpc) is 2.76. The van der Waals surface area contributed by atoms with Gasteiger partial charge in [-0.25, -0.2) is 4.79 Å². The van der Waals surface area contributed by atoms with Crippen LogP contribution in [-0.2, 0) is 23.9 Å². The van der Waals surface area contributed by atoms with Gasteiger partial charge in [-0.15, -0.1) is 0 Å². The van der Waals surface area contributed by atoms with Gasteiger partial charge in [-0.2, -0.15) is 0 Å². The maximum Gasteiger partial charge on any atom is 0.328 e. The second-order valence-electron chi connectivity index (χ2n) is 9.63. The maximum absolute atomic E-state index is 13.2. The summed E-state index contributed by atoms with van der Waals surface area (Å²) < 4.78 is 11.0. The molecular formula is C25H41NO5. The molecule has 2 aliphatic heterocycles. The number of esters is 2. The van der Waals surface area contributed by atoms with E-state index in [-0.39, 0.29) is 24.5 Å². The van der Waals surface area contributed by atoms with Crippen molar-refractivity contribution in [2.75, 3.05) is 19.8 Å². The van der Waals surface area contributed by atoms with Crippen LogP contribution in [0.25, 0.3) is 0 Å². The first-order valence-electron chi connectivity index (χ1n) is 12.2. The minimum atomic E-state index is -0.697. The third-order valence-corrected chi connectivity index (χ3v) is 6.47. The van der Waals surface area contributed by atoms with E-state index in [9.17, 15) is 14.4 Å². The van der Waals surface area contributed by atoms with Crippen molar-refractivity contribution in [1.82, 2.24) is 4.90 Å². The highest BCUT2D eigenvalue weighted by atomic mass is 16.5. The molecule has 2 fully saturated rings. The molecule has 0 unspecified atom stereocenters. The Balaban J connectivity index is 2.05. The van der Waals surface area contributed by atoms with Gasteiger partial charge in [-0.05, 0) is 32.1 Å². The Morgan fingerprint density at radius 2 is 1.45 bits per heavy atom. The van der Waals surface area contributed by atoms with E-state index in [4.69, 9.17) is 9.47 Å². The van der Waals surface area contributed by atoms with E-state index < -0.39 is 11.5 Å². The molecule has 6 heteroatoms. The minimum Gasteiger partial charge on any atom is -0.465 e. The molecule has 0 aliphatic carbocycles. The van der Waals surface area contributed by atoms with Crippen molar-refractivity contribution >= 4 is 17.8 Å². The van der Waals surface area contributed by atoms with Gasteiger partial charge in [-0.1, -0.05) is 65.4 Å². The van der Waals surface area contributed by atoms with E-state index in [1.165, 1.54) is 19.3 Å². The molecule has 0 aromatic rings. The largest absolute Gasteiger partial charge is 0.465 e. The molecule has 2 aliphatic rings. The van der Waals surface area contributed by atoms with Gasteiger partial charge in [0.15, 0.2) is 0 Å². The van der Waals surface area contributed by atoms with Crippen LogP contribution in [0.2, 0.25) is 0 Å². The van der Waals surface area contributed by atoms with E-state index >= 15 is 0 Å². The molecule has 0 saturated carbocycles. The van der Waals surface area contributed by atoms with Gasteiger partial charge < -0.3 is 14.4 Å². The van der Waals surface area contributed by atoms with Gasteiger partial charge >= 0.3 is 11.9 Å². The highest BCUT2D eigenvalue weighted by Gasteiger charge is 2.38. The summed E-state index contributed by atoms with van der Waals surface area (Å²) in [6, 6.07) is -0.551. The van der Waals surface area contributed by atoms with Crippen molar-refractivity contribution in [3.8, 4) is 0 Å². The summed E-state index contributed by atoms with van der Waals surface area (Å²) in [6.45, 7) is 8.78. The molecule has 2 rings (SSSR count). The van der Waals surface area contributed by atoms with Crippen molar-refractivity contribution in [2.24, 2.45) is 5.41 Å². The second kappa shape index (κ2) is 12.9. The van der Waals surface area contributed by atoms with Gasteiger partial charge in [0.1, 0.15) is 12.6 Å². The van der Waals surface area contributed by atoms with Crippen molar-refractivity contribution in [1.29, 1.82) is 0 Å². The SMILES string of the molecule is C=C1C(=O)N2CCCC[C@H]2C(=O)OCCCCCCCCCCCC(=O)OCC1(C)C. The number of ether oxygens (including phenoxy) is 2. The molecule has 2 heterocycles. The molecule has 1 atom stereocenters. The zero-order valence-electron chi connectivity index (χ0n) is 19.6. The van der Waals surface area contributed by atoms with E-state index in [1.807, 2.05) is 13.8 Å². The van der Waals surface area contributed by atoms with Gasteiger partial charge in [0.2, 0.25) is 0 Å². The molecule has 31 heavy (non-hydrogen) atoms. The Labute approximate surface area is 187 Å². The van der Waals surface area contributed by atoms with Crippen LogP contribution in [0.3, 0.4) is 0 Å². The normalized spacial score (nSPS) is 26.3. The zero-order valence-corrected chi connectivity index (χ0v) is 19.6. The Bertz CT molecular complexity index is 627. The van der Waals surface area contributed by atoms with Crippen LogP contribution < -0.4 is 0 Å². The van der Waals surface area contributed by atoms with E-state index in [0.29, 0.717) is 31.6 Å². The fourth-order valence-corrected chi connectivity index (χ4v) is 4.18. The number of nitrogens with zero attached hydrogens (tertiary/aromatic N) is 1. The lowest BCUT2D eigenvalue weighted by Crippen LogP contribution is -2.50. The Morgan fingerprint density at radius 1 is 0.839 bits per heavy atom. The Kier molecular flexibility index (Phi) is 10.6. The van der Waals surface area contributed by atoms with Crippen LogP contribution >= 0.6 is 0 Å². The number of fused-ring (bicyclic) bond motifs is 1. The Morgan fingerprint density at radius 3 is 2.13 bits per heavy atom. The van der Waals surface area contributed by atoms with Crippen molar-refractivity contribution in [2.45, 2.75) is 103 Å². The summed E-state index contributed by atoms with van der Waals surface area (Å²) in [7, 11) is 0. The summed E-state index contributed by atoms with van der Waals surface area (Å²) >= 11 is 0. The first-order valence-corrected chi connectivity index (χ1v) is 12.2. The van der Waals surface area contributed by atoms with Crippen LogP contribution in [0.15, 0.2) is 12.2 Å². The van der Waals surface area contributed by atoms with Crippen LogP contribution in [0.5, 0.6) is 0 Å². The van der Waals surface area contributed by atoms with Crippen molar-refractivity contribution in [3.63, 3.8) is 0 Å². The molecule has 2 saturated heterocycles. The van der Waals surface area contributed by atoms with Crippen molar-refractivity contribution in [3.05, 3.63) is 12.2 Å². The van der Waals surface area contributed by atoms with Gasteiger partial charge in [-0.3, -0.25) is 9.59 Å². The minimum absolute atomic E-state index is 0.110. The molecule has 0 bridgehead atoms. The number of hydrogen-bond donors (Lipinski definition) is 0. The standard InChI is InChI=1S/C25H41NO5/c1-20-23(28)26-17-13-12-15-21(26)24(29)30-18-14-10-8-6-4-5-7-9-11-16-22(27)31-19-25(20,2)3/h21H,1,4-19H2,2-3H3/t21-/m0/s1. The zero-order chi connectivity index (χ0) is 22.7. The van der Waals surface area contributed by atoms with Gasteiger partial charge in [0.05, 0.1) is 6.61 Å². The average molecular weight is 436 g/mol. The fraction of sp³-hybridized carbons (Fsp3) is 0.800. The predicted molar refractivity (Wildman–Crippen MR) is 120 cm³/mol. The Hall–Kier alpha value is -1.85. The molecule has 0 aromatic heterocycles. The fourth-order valence-electron chi connectivity index (χ4n) is 4.18. The van der Waals surface area contributed by atoms with Crippen LogP contribution in [0, 0.1) is 5.41 Å². The molecule has 176 valence electrons. The maximum atomic E-state index is 13.2. The van der Waals surface area contributed by atoms with Crippen LogP contribution in [0.1, 0.15) is 97.3 Å². The molecular weight excluding hydrogens is 394 g/mol. The predicted octanol–water partition coefficient (Wildman–Crippen LogP) is 4.95. The first-order chi connectivity index (χ1) is 14.8. The topological polar surface area (TPSA) is 72.9 Å².